The molecule has 1 amide bonds. The predicted octanol–water partition coefficient (Wildman–Crippen LogP) is 3.46. The molecule has 3 atom stereocenters. The molecule has 0 N–H and O–H groups in total. The molecule has 0 spiro atoms. The van der Waals surface area contributed by atoms with Crippen molar-refractivity contribution >= 4 is 17.7 Å². The van der Waals surface area contributed by atoms with Gasteiger partial charge < -0.3 is 19.1 Å². The van der Waals surface area contributed by atoms with Crippen molar-refractivity contribution in [1.82, 2.24) is 9.88 Å². The Bertz CT molecular complexity index is 772. The molecule has 7 heteroatoms. The second-order valence-electron chi connectivity index (χ2n) is 9.18. The number of rotatable bonds is 13. The lowest BCUT2D eigenvalue weighted by Crippen LogP contribution is -2.77. The smallest absolute Gasteiger partial charge is 0.259 e. The van der Waals surface area contributed by atoms with E-state index >= 15 is 0 Å². The first-order valence-electron chi connectivity index (χ1n) is 11.6. The van der Waals surface area contributed by atoms with Gasteiger partial charge in [0.2, 0.25) is 0 Å². The second-order valence-corrected chi connectivity index (χ2v) is 10.5. The quantitative estimate of drug-likeness (QED) is 0.340. The largest absolute Gasteiger partial charge is 0.364 e. The summed E-state index contributed by atoms with van der Waals surface area (Å²) in [5, 5.41) is 0. The van der Waals surface area contributed by atoms with Gasteiger partial charge in [-0.1, -0.05) is 26.2 Å². The zero-order valence-corrected chi connectivity index (χ0v) is 19.9. The Kier molecular flexibility index (Phi) is 7.57. The van der Waals surface area contributed by atoms with Gasteiger partial charge in [0, 0.05) is 38.3 Å². The number of carbonyl (C=O) groups excluding carboxylic acids is 1. The highest BCUT2D eigenvalue weighted by Crippen LogP contribution is 2.42. The van der Waals surface area contributed by atoms with Crippen LogP contribution in [0.3, 0.4) is 0 Å². The standard InChI is InChI=1S/C24H36N2O4S/c1-4-31-14-22-24(30-16-29-3,23(27)26(22)15-28-2)13-21-20-12-18(8-7-17-5-6-17)11-19(20)9-10-25-21/h9-10,17-18,22H,4-8,11-16H2,1-3H3/t18-,22-,24+/m0/s1. The van der Waals surface area contributed by atoms with Crippen LogP contribution in [0.4, 0.5) is 0 Å². The van der Waals surface area contributed by atoms with E-state index in [9.17, 15) is 4.79 Å². The minimum absolute atomic E-state index is 0.0178. The van der Waals surface area contributed by atoms with Crippen molar-refractivity contribution in [2.24, 2.45) is 11.8 Å². The van der Waals surface area contributed by atoms with E-state index in [-0.39, 0.29) is 25.5 Å². The van der Waals surface area contributed by atoms with Gasteiger partial charge in [0.05, 0.1) is 6.04 Å². The number of aromatic nitrogens is 1. The first-order chi connectivity index (χ1) is 15.1. The van der Waals surface area contributed by atoms with Gasteiger partial charge in [-0.25, -0.2) is 0 Å². The molecule has 1 saturated heterocycles. The lowest BCUT2D eigenvalue weighted by atomic mass is 9.78. The molecular formula is C24H36N2O4S. The van der Waals surface area contributed by atoms with Crippen LogP contribution in [0.1, 0.15) is 49.4 Å². The Morgan fingerprint density at radius 1 is 1.19 bits per heavy atom. The van der Waals surface area contributed by atoms with E-state index in [1.807, 2.05) is 18.0 Å². The van der Waals surface area contributed by atoms with Gasteiger partial charge in [0.25, 0.3) is 5.91 Å². The molecule has 6 nitrogen and oxygen atoms in total. The molecule has 2 heterocycles. The summed E-state index contributed by atoms with van der Waals surface area (Å²) in [6.07, 6.45) is 10.1. The summed E-state index contributed by atoms with van der Waals surface area (Å²) in [4.78, 5) is 19.9. The lowest BCUT2D eigenvalue weighted by Gasteiger charge is -2.54. The van der Waals surface area contributed by atoms with E-state index in [0.29, 0.717) is 12.3 Å². The average Bonchev–Trinajstić information content (AvgIpc) is 3.52. The topological polar surface area (TPSA) is 60.9 Å². The van der Waals surface area contributed by atoms with Crippen LogP contribution < -0.4 is 0 Å². The molecule has 0 bridgehead atoms. The van der Waals surface area contributed by atoms with Crippen molar-refractivity contribution in [3.8, 4) is 0 Å². The van der Waals surface area contributed by atoms with Crippen LogP contribution in [0.5, 0.6) is 0 Å². The number of hydrogen-bond acceptors (Lipinski definition) is 6. The van der Waals surface area contributed by atoms with Crippen LogP contribution in [0, 0.1) is 11.8 Å². The summed E-state index contributed by atoms with van der Waals surface area (Å²) >= 11 is 1.82. The van der Waals surface area contributed by atoms with Crippen LogP contribution in [-0.4, -0.2) is 66.7 Å². The number of ether oxygens (including phenoxy) is 3. The molecule has 2 fully saturated rings. The van der Waals surface area contributed by atoms with E-state index in [4.69, 9.17) is 19.2 Å². The highest BCUT2D eigenvalue weighted by atomic mass is 32.2. The molecule has 3 aliphatic rings. The highest BCUT2D eigenvalue weighted by Gasteiger charge is 2.62. The SMILES string of the molecule is CCSC[C@@H]1N(COC)C(=O)[C@]1(Cc1nccc2c1C[C@@H](CCC1CC1)C2)OCOC. The Labute approximate surface area is 190 Å². The van der Waals surface area contributed by atoms with Gasteiger partial charge >= 0.3 is 0 Å². The van der Waals surface area contributed by atoms with E-state index in [1.54, 1.807) is 19.1 Å². The van der Waals surface area contributed by atoms with Crippen molar-refractivity contribution in [3.63, 3.8) is 0 Å². The van der Waals surface area contributed by atoms with Crippen LogP contribution in [0.25, 0.3) is 0 Å². The molecule has 1 aromatic rings. The predicted molar refractivity (Wildman–Crippen MR) is 122 cm³/mol. The minimum Gasteiger partial charge on any atom is -0.364 e. The summed E-state index contributed by atoms with van der Waals surface area (Å²) in [7, 11) is 3.23. The van der Waals surface area contributed by atoms with E-state index in [1.165, 1.54) is 36.8 Å². The second kappa shape index (κ2) is 10.2. The number of methoxy groups -OCH3 is 2. The van der Waals surface area contributed by atoms with E-state index in [2.05, 4.69) is 13.0 Å². The van der Waals surface area contributed by atoms with Crippen LogP contribution in [0.2, 0.25) is 0 Å². The number of likely N-dealkylation sites (tertiary alicyclic amines) is 1. The summed E-state index contributed by atoms with van der Waals surface area (Å²) in [5.41, 5.74) is 2.86. The molecule has 31 heavy (non-hydrogen) atoms. The van der Waals surface area contributed by atoms with Gasteiger partial charge in [-0.05, 0) is 54.0 Å². The number of hydrogen-bond donors (Lipinski definition) is 0. The molecule has 2 aliphatic carbocycles. The molecule has 172 valence electrons. The number of amides is 1. The van der Waals surface area contributed by atoms with Crippen LogP contribution in [-0.2, 0) is 38.3 Å². The molecular weight excluding hydrogens is 412 g/mol. The molecule has 1 aliphatic heterocycles. The molecule has 0 unspecified atom stereocenters. The fraction of sp³-hybridized carbons (Fsp3) is 0.750. The first kappa shape index (κ1) is 23.0. The first-order valence-corrected chi connectivity index (χ1v) is 12.7. The van der Waals surface area contributed by atoms with Gasteiger partial charge in [0.15, 0.2) is 5.60 Å². The summed E-state index contributed by atoms with van der Waals surface area (Å²) in [6.45, 7) is 2.52. The number of carbonyl (C=O) groups is 1. The van der Waals surface area contributed by atoms with Crippen LogP contribution >= 0.6 is 11.8 Å². The van der Waals surface area contributed by atoms with Gasteiger partial charge in [-0.2, -0.15) is 11.8 Å². The monoisotopic (exact) mass is 448 g/mol. The molecule has 1 saturated carbocycles. The zero-order chi connectivity index (χ0) is 21.8. The molecule has 0 aromatic carbocycles. The van der Waals surface area contributed by atoms with Gasteiger partial charge in [-0.15, -0.1) is 0 Å². The maximum Gasteiger partial charge on any atom is 0.259 e. The third-order valence-corrected chi connectivity index (χ3v) is 8.03. The summed E-state index contributed by atoms with van der Waals surface area (Å²) in [5.74, 6) is 3.48. The number of thioether (sulfide) groups is 1. The van der Waals surface area contributed by atoms with Crippen molar-refractivity contribution in [1.29, 1.82) is 0 Å². The maximum atomic E-state index is 13.3. The third-order valence-electron chi connectivity index (χ3n) is 7.07. The van der Waals surface area contributed by atoms with E-state index in [0.717, 1.165) is 36.0 Å². The molecule has 1 aromatic heterocycles. The van der Waals surface area contributed by atoms with Crippen LogP contribution in [0.15, 0.2) is 12.3 Å². The fourth-order valence-corrected chi connectivity index (χ4v) is 6.11. The minimum atomic E-state index is -0.926. The Morgan fingerprint density at radius 3 is 2.71 bits per heavy atom. The number of β-lactam (4-membered cyclic amide) rings is 1. The van der Waals surface area contributed by atoms with Gasteiger partial charge in [0.1, 0.15) is 13.5 Å². The number of fused-ring (bicyclic) bond motifs is 1. The average molecular weight is 449 g/mol. The third kappa shape index (κ3) is 4.80. The van der Waals surface area contributed by atoms with Crippen molar-refractivity contribution in [2.75, 3.05) is 39.2 Å². The van der Waals surface area contributed by atoms with Crippen molar-refractivity contribution in [3.05, 3.63) is 29.1 Å². The normalized spacial score (nSPS) is 27.5. The number of nitrogens with zero attached hydrogens (tertiary/aromatic N) is 2. The Hall–Kier alpha value is -1.15. The lowest BCUT2D eigenvalue weighted by molar-refractivity contribution is -0.229. The Morgan fingerprint density at radius 2 is 2.00 bits per heavy atom. The molecule has 4 rings (SSSR count). The zero-order valence-electron chi connectivity index (χ0n) is 19.1. The van der Waals surface area contributed by atoms with Crippen molar-refractivity contribution < 1.29 is 19.0 Å². The highest BCUT2D eigenvalue weighted by molar-refractivity contribution is 7.99. The number of pyridine rings is 1. The molecule has 0 radical (unpaired) electrons. The fourth-order valence-electron chi connectivity index (χ4n) is 5.20. The maximum absolute atomic E-state index is 13.3. The Balaban J connectivity index is 1.54. The summed E-state index contributed by atoms with van der Waals surface area (Å²) in [6, 6.07) is 2.12. The van der Waals surface area contributed by atoms with Gasteiger partial charge in [-0.3, -0.25) is 9.78 Å². The van der Waals surface area contributed by atoms with E-state index < -0.39 is 5.60 Å². The van der Waals surface area contributed by atoms with Crippen molar-refractivity contribution in [2.45, 2.75) is 63.5 Å². The summed E-state index contributed by atoms with van der Waals surface area (Å²) < 4.78 is 16.7.